The Morgan fingerprint density at radius 3 is 2.70 bits per heavy atom. The summed E-state index contributed by atoms with van der Waals surface area (Å²) in [4.78, 5) is 15.6. The van der Waals surface area contributed by atoms with Crippen LogP contribution < -0.4 is 5.73 Å². The molecule has 1 heterocycles. The molecule has 0 spiro atoms. The first kappa shape index (κ1) is 12.3. The van der Waals surface area contributed by atoms with Gasteiger partial charge in [-0.3, -0.25) is 4.79 Å². The average molecular weight is 269 g/mol. The molecule has 4 nitrogen and oxygen atoms in total. The van der Waals surface area contributed by atoms with Crippen LogP contribution in [0.3, 0.4) is 0 Å². The number of rotatable bonds is 2. The van der Waals surface area contributed by atoms with Crippen LogP contribution >= 0.6 is 0 Å². The van der Waals surface area contributed by atoms with Crippen molar-refractivity contribution in [3.63, 3.8) is 0 Å². The molecule has 0 atom stereocenters. The van der Waals surface area contributed by atoms with Gasteiger partial charge in [0.2, 0.25) is 5.91 Å². The van der Waals surface area contributed by atoms with Crippen molar-refractivity contribution < 1.29 is 9.18 Å². The van der Waals surface area contributed by atoms with Crippen molar-refractivity contribution in [2.45, 2.75) is 0 Å². The van der Waals surface area contributed by atoms with Crippen LogP contribution in [0.4, 0.5) is 4.39 Å². The number of carbonyl (C=O) groups is 1. The number of fused-ring (bicyclic) bond motifs is 1. The molecule has 0 aliphatic heterocycles. The predicted octanol–water partition coefficient (Wildman–Crippen LogP) is 2.48. The molecule has 0 unspecified atom stereocenters. The number of aromatic nitrogens is 2. The van der Waals surface area contributed by atoms with E-state index in [9.17, 15) is 9.18 Å². The summed E-state index contributed by atoms with van der Waals surface area (Å²) in [5.41, 5.74) is 7.52. The maximum atomic E-state index is 13.9. The third-order valence-corrected chi connectivity index (χ3v) is 3.28. The van der Waals surface area contributed by atoms with Crippen molar-refractivity contribution in [3.8, 4) is 11.4 Å². The molecular weight excluding hydrogens is 257 g/mol. The molecule has 2 N–H and O–H groups in total. The Balaban J connectivity index is 2.26. The second kappa shape index (κ2) is 4.45. The number of hydrogen-bond donors (Lipinski definition) is 1. The first-order chi connectivity index (χ1) is 9.58. The Morgan fingerprint density at radius 2 is 2.00 bits per heavy atom. The fourth-order valence-electron chi connectivity index (χ4n) is 2.23. The van der Waals surface area contributed by atoms with Gasteiger partial charge in [-0.05, 0) is 30.3 Å². The van der Waals surface area contributed by atoms with Crippen molar-refractivity contribution >= 4 is 16.9 Å². The van der Waals surface area contributed by atoms with Gasteiger partial charge in [-0.2, -0.15) is 0 Å². The lowest BCUT2D eigenvalue weighted by Gasteiger charge is -2.03. The minimum absolute atomic E-state index is 0.332. The minimum Gasteiger partial charge on any atom is -0.366 e. The summed E-state index contributed by atoms with van der Waals surface area (Å²) in [5.74, 6) is -0.318. The van der Waals surface area contributed by atoms with Gasteiger partial charge in [-0.1, -0.05) is 12.1 Å². The van der Waals surface area contributed by atoms with Crippen molar-refractivity contribution in [1.82, 2.24) is 9.55 Å². The summed E-state index contributed by atoms with van der Waals surface area (Å²) in [6.07, 6.45) is 0. The maximum absolute atomic E-state index is 13.9. The van der Waals surface area contributed by atoms with E-state index in [1.54, 1.807) is 48.0 Å². The number of amides is 1. The number of benzene rings is 2. The Bertz CT molecular complexity index is 823. The highest BCUT2D eigenvalue weighted by Gasteiger charge is 2.14. The Labute approximate surface area is 114 Å². The topological polar surface area (TPSA) is 60.9 Å². The SMILES string of the molecule is Cn1c(-c2ccccc2F)nc2ccc(C(N)=O)cc21. The van der Waals surface area contributed by atoms with Gasteiger partial charge in [0.25, 0.3) is 0 Å². The molecule has 3 aromatic rings. The number of hydrogen-bond acceptors (Lipinski definition) is 2. The van der Waals surface area contributed by atoms with Gasteiger partial charge in [-0.25, -0.2) is 9.37 Å². The molecule has 20 heavy (non-hydrogen) atoms. The monoisotopic (exact) mass is 269 g/mol. The molecule has 0 saturated heterocycles. The minimum atomic E-state index is -0.499. The predicted molar refractivity (Wildman–Crippen MR) is 74.6 cm³/mol. The molecule has 0 fully saturated rings. The number of imidazole rings is 1. The third-order valence-electron chi connectivity index (χ3n) is 3.28. The van der Waals surface area contributed by atoms with Gasteiger partial charge in [0.15, 0.2) is 0 Å². The van der Waals surface area contributed by atoms with Gasteiger partial charge in [0.1, 0.15) is 11.6 Å². The van der Waals surface area contributed by atoms with Crippen molar-refractivity contribution in [2.75, 3.05) is 0 Å². The summed E-state index contributed by atoms with van der Waals surface area (Å²) in [5, 5.41) is 0. The van der Waals surface area contributed by atoms with Gasteiger partial charge in [-0.15, -0.1) is 0 Å². The molecule has 100 valence electrons. The van der Waals surface area contributed by atoms with E-state index in [-0.39, 0.29) is 5.82 Å². The molecule has 0 radical (unpaired) electrons. The lowest BCUT2D eigenvalue weighted by atomic mass is 10.2. The molecular formula is C15H12FN3O. The van der Waals surface area contributed by atoms with Crippen LogP contribution in [0.2, 0.25) is 0 Å². The van der Waals surface area contributed by atoms with Crippen LogP contribution in [0.15, 0.2) is 42.5 Å². The van der Waals surface area contributed by atoms with E-state index in [1.807, 2.05) is 0 Å². The quantitative estimate of drug-likeness (QED) is 0.777. The van der Waals surface area contributed by atoms with E-state index < -0.39 is 5.91 Å². The molecule has 3 rings (SSSR count). The van der Waals surface area contributed by atoms with E-state index in [0.29, 0.717) is 22.5 Å². The molecule has 0 bridgehead atoms. The molecule has 0 saturated carbocycles. The zero-order valence-corrected chi connectivity index (χ0v) is 10.8. The number of aryl methyl sites for hydroxylation is 1. The molecule has 2 aromatic carbocycles. The van der Waals surface area contributed by atoms with Crippen LogP contribution in [-0.2, 0) is 7.05 Å². The zero-order valence-electron chi connectivity index (χ0n) is 10.8. The molecule has 1 amide bonds. The number of halogens is 1. The summed E-state index contributed by atoms with van der Waals surface area (Å²) >= 11 is 0. The highest BCUT2D eigenvalue weighted by molar-refractivity contribution is 5.96. The first-order valence-electron chi connectivity index (χ1n) is 6.09. The lowest BCUT2D eigenvalue weighted by Crippen LogP contribution is -2.10. The van der Waals surface area contributed by atoms with Crippen LogP contribution in [0.1, 0.15) is 10.4 Å². The molecule has 0 aliphatic carbocycles. The largest absolute Gasteiger partial charge is 0.366 e. The second-order valence-electron chi connectivity index (χ2n) is 4.54. The number of nitrogens with two attached hydrogens (primary N) is 1. The highest BCUT2D eigenvalue weighted by atomic mass is 19.1. The third kappa shape index (κ3) is 1.84. The van der Waals surface area contributed by atoms with Crippen molar-refractivity contribution in [1.29, 1.82) is 0 Å². The standard InChI is InChI=1S/C15H12FN3O/c1-19-13-8-9(14(17)20)6-7-12(13)18-15(19)10-4-2-3-5-11(10)16/h2-8H,1H3,(H2,17,20). The van der Waals surface area contributed by atoms with E-state index in [1.165, 1.54) is 6.07 Å². The number of carbonyl (C=O) groups excluding carboxylic acids is 1. The highest BCUT2D eigenvalue weighted by Crippen LogP contribution is 2.26. The van der Waals surface area contributed by atoms with Crippen molar-refractivity contribution in [3.05, 3.63) is 53.8 Å². The van der Waals surface area contributed by atoms with Crippen LogP contribution in [0, 0.1) is 5.82 Å². The summed E-state index contributed by atoms with van der Waals surface area (Å²) in [6.45, 7) is 0. The Morgan fingerprint density at radius 1 is 1.25 bits per heavy atom. The van der Waals surface area contributed by atoms with E-state index in [4.69, 9.17) is 5.73 Å². The molecule has 5 heteroatoms. The van der Waals surface area contributed by atoms with Crippen LogP contribution in [-0.4, -0.2) is 15.5 Å². The average Bonchev–Trinajstić information content (AvgIpc) is 2.76. The molecule has 0 aliphatic rings. The lowest BCUT2D eigenvalue weighted by molar-refractivity contribution is 0.100. The van der Waals surface area contributed by atoms with E-state index >= 15 is 0 Å². The molecule has 1 aromatic heterocycles. The zero-order chi connectivity index (χ0) is 14.3. The van der Waals surface area contributed by atoms with Gasteiger partial charge < -0.3 is 10.3 Å². The fraction of sp³-hybridized carbons (Fsp3) is 0.0667. The van der Waals surface area contributed by atoms with Gasteiger partial charge in [0.05, 0.1) is 16.6 Å². The second-order valence-corrected chi connectivity index (χ2v) is 4.54. The fourth-order valence-corrected chi connectivity index (χ4v) is 2.23. The van der Waals surface area contributed by atoms with Gasteiger partial charge >= 0.3 is 0 Å². The first-order valence-corrected chi connectivity index (χ1v) is 6.09. The summed E-state index contributed by atoms with van der Waals surface area (Å²) < 4.78 is 15.6. The number of nitrogens with zero attached hydrogens (tertiary/aromatic N) is 2. The summed E-state index contributed by atoms with van der Waals surface area (Å²) in [6, 6.07) is 11.4. The Hall–Kier alpha value is -2.69. The van der Waals surface area contributed by atoms with Crippen LogP contribution in [0.5, 0.6) is 0 Å². The number of primary amides is 1. The van der Waals surface area contributed by atoms with Gasteiger partial charge in [0, 0.05) is 12.6 Å². The van der Waals surface area contributed by atoms with Crippen molar-refractivity contribution in [2.24, 2.45) is 12.8 Å². The van der Waals surface area contributed by atoms with E-state index in [2.05, 4.69) is 4.98 Å². The normalized spacial score (nSPS) is 10.9. The smallest absolute Gasteiger partial charge is 0.248 e. The van der Waals surface area contributed by atoms with Crippen LogP contribution in [0.25, 0.3) is 22.4 Å². The summed E-state index contributed by atoms with van der Waals surface area (Å²) in [7, 11) is 1.78. The van der Waals surface area contributed by atoms with E-state index in [0.717, 1.165) is 5.52 Å². The maximum Gasteiger partial charge on any atom is 0.248 e. The Kier molecular flexibility index (Phi) is 2.75.